The zero-order valence-electron chi connectivity index (χ0n) is 17.2. The summed E-state index contributed by atoms with van der Waals surface area (Å²) in [6, 6.07) is 21.7. The average Bonchev–Trinajstić information content (AvgIpc) is 3.25. The van der Waals surface area contributed by atoms with Gasteiger partial charge in [0, 0.05) is 16.5 Å². The van der Waals surface area contributed by atoms with Crippen LogP contribution in [-0.4, -0.2) is 17.6 Å². The number of carboxylic acids is 1. The molecule has 0 aliphatic carbocycles. The Morgan fingerprint density at radius 2 is 1.87 bits per heavy atom. The first kappa shape index (κ1) is 20.7. The third-order valence-electron chi connectivity index (χ3n) is 5.23. The Bertz CT molecular complexity index is 1190. The number of carbonyl (C=O) groups is 1. The Kier molecular flexibility index (Phi) is 6.34. The maximum atomic E-state index is 11.1. The molecule has 0 saturated carbocycles. The van der Waals surface area contributed by atoms with Crippen LogP contribution in [0.25, 0.3) is 22.1 Å². The second-order valence-electron chi connectivity index (χ2n) is 7.54. The molecule has 4 rings (SSSR count). The van der Waals surface area contributed by atoms with Gasteiger partial charge in [0.1, 0.15) is 17.9 Å². The molecule has 0 unspecified atom stereocenters. The van der Waals surface area contributed by atoms with Crippen LogP contribution in [0.2, 0.25) is 0 Å². The van der Waals surface area contributed by atoms with Crippen LogP contribution in [0, 0.1) is 0 Å². The number of furan rings is 1. The van der Waals surface area contributed by atoms with E-state index in [1.165, 1.54) is 5.56 Å². The second-order valence-corrected chi connectivity index (χ2v) is 7.54. The molecule has 0 spiro atoms. The normalized spacial score (nSPS) is 11.0. The minimum absolute atomic E-state index is 0.0716. The molecule has 5 heteroatoms. The van der Waals surface area contributed by atoms with Crippen LogP contribution in [-0.2, 0) is 24.2 Å². The van der Waals surface area contributed by atoms with Gasteiger partial charge in [-0.05, 0) is 60.3 Å². The number of hydrogen-bond acceptors (Lipinski definition) is 4. The Morgan fingerprint density at radius 1 is 1.00 bits per heavy atom. The molecule has 1 aromatic heterocycles. The first-order chi connectivity index (χ1) is 15.1. The van der Waals surface area contributed by atoms with Gasteiger partial charge in [0.25, 0.3) is 0 Å². The Labute approximate surface area is 181 Å². The summed E-state index contributed by atoms with van der Waals surface area (Å²) in [6.07, 6.45) is 3.51. The molecule has 3 N–H and O–H groups in total. The smallest absolute Gasteiger partial charge is 0.307 e. The number of para-hydroxylation sites is 1. The highest BCUT2D eigenvalue weighted by Crippen LogP contribution is 2.32. The molecule has 0 radical (unpaired) electrons. The number of aryl methyl sites for hydroxylation is 1. The van der Waals surface area contributed by atoms with E-state index >= 15 is 0 Å². The lowest BCUT2D eigenvalue weighted by molar-refractivity contribution is -0.136. The minimum Gasteiger partial charge on any atom is -0.489 e. The molecule has 158 valence electrons. The van der Waals surface area contributed by atoms with E-state index in [1.54, 1.807) is 18.4 Å². The van der Waals surface area contributed by atoms with E-state index in [0.717, 1.165) is 40.5 Å². The second kappa shape index (κ2) is 9.49. The fourth-order valence-corrected chi connectivity index (χ4v) is 3.76. The Hall–Kier alpha value is -3.57. The van der Waals surface area contributed by atoms with Crippen LogP contribution in [0.15, 0.2) is 77.4 Å². The fraction of sp³-hybridized carbons (Fsp3) is 0.192. The lowest BCUT2D eigenvalue weighted by atomic mass is 9.98. The molecule has 1 heterocycles. The summed E-state index contributed by atoms with van der Waals surface area (Å²) in [7, 11) is 0. The van der Waals surface area contributed by atoms with Crippen LogP contribution in [0.1, 0.15) is 23.1 Å². The Morgan fingerprint density at radius 3 is 2.71 bits per heavy atom. The first-order valence-corrected chi connectivity index (χ1v) is 10.4. The summed E-state index contributed by atoms with van der Waals surface area (Å²) in [5.74, 6) is -0.296. The van der Waals surface area contributed by atoms with Gasteiger partial charge in [0.2, 0.25) is 0 Å². The van der Waals surface area contributed by atoms with Crippen molar-refractivity contribution in [2.75, 3.05) is 6.54 Å². The third kappa shape index (κ3) is 4.95. The number of carboxylic acid groups (broad SMARTS) is 1. The van der Waals surface area contributed by atoms with Gasteiger partial charge in [-0.25, -0.2) is 0 Å². The molecule has 0 fully saturated rings. The third-order valence-corrected chi connectivity index (χ3v) is 5.23. The summed E-state index contributed by atoms with van der Waals surface area (Å²) in [4.78, 5) is 11.1. The van der Waals surface area contributed by atoms with Gasteiger partial charge in [-0.3, -0.25) is 4.79 Å². The van der Waals surface area contributed by atoms with Gasteiger partial charge < -0.3 is 20.0 Å². The summed E-state index contributed by atoms with van der Waals surface area (Å²) in [5, 5.41) is 10.1. The molecule has 0 aliphatic rings. The zero-order chi connectivity index (χ0) is 21.6. The highest BCUT2D eigenvalue weighted by Gasteiger charge is 2.12. The van der Waals surface area contributed by atoms with E-state index in [0.29, 0.717) is 24.5 Å². The topological polar surface area (TPSA) is 85.7 Å². The lowest BCUT2D eigenvalue weighted by Gasteiger charge is -2.12. The summed E-state index contributed by atoms with van der Waals surface area (Å²) in [6.45, 7) is 1.00. The number of fused-ring (bicyclic) bond motifs is 1. The maximum absolute atomic E-state index is 11.1. The van der Waals surface area contributed by atoms with Crippen molar-refractivity contribution in [1.82, 2.24) is 0 Å². The highest BCUT2D eigenvalue weighted by molar-refractivity contribution is 5.93. The fourth-order valence-electron chi connectivity index (χ4n) is 3.76. The molecule has 0 saturated heterocycles. The van der Waals surface area contributed by atoms with Crippen LogP contribution >= 0.6 is 0 Å². The number of aliphatic carboxylic acids is 1. The maximum Gasteiger partial charge on any atom is 0.307 e. The van der Waals surface area contributed by atoms with E-state index in [4.69, 9.17) is 20.0 Å². The van der Waals surface area contributed by atoms with Crippen molar-refractivity contribution >= 4 is 16.9 Å². The number of benzene rings is 3. The van der Waals surface area contributed by atoms with Gasteiger partial charge >= 0.3 is 5.97 Å². The average molecular weight is 415 g/mol. The van der Waals surface area contributed by atoms with Crippen LogP contribution in [0.4, 0.5) is 0 Å². The first-order valence-electron chi connectivity index (χ1n) is 10.4. The molecule has 31 heavy (non-hydrogen) atoms. The van der Waals surface area contributed by atoms with Gasteiger partial charge in [0.15, 0.2) is 0 Å². The zero-order valence-corrected chi connectivity index (χ0v) is 17.2. The molecular formula is C26H25NO4. The van der Waals surface area contributed by atoms with Crippen molar-refractivity contribution in [2.24, 2.45) is 5.73 Å². The molecular weight excluding hydrogens is 390 g/mol. The predicted molar refractivity (Wildman–Crippen MR) is 121 cm³/mol. The van der Waals surface area contributed by atoms with Crippen molar-refractivity contribution in [3.05, 3.63) is 89.7 Å². The monoisotopic (exact) mass is 415 g/mol. The van der Waals surface area contributed by atoms with Crippen molar-refractivity contribution in [1.29, 1.82) is 0 Å². The summed E-state index contributed by atoms with van der Waals surface area (Å²) >= 11 is 0. The van der Waals surface area contributed by atoms with E-state index < -0.39 is 5.97 Å². The van der Waals surface area contributed by atoms with Crippen LogP contribution in [0.5, 0.6) is 5.75 Å². The largest absolute Gasteiger partial charge is 0.489 e. The highest BCUT2D eigenvalue weighted by atomic mass is 16.5. The molecule has 0 atom stereocenters. The van der Waals surface area contributed by atoms with Crippen molar-refractivity contribution < 1.29 is 19.1 Å². The van der Waals surface area contributed by atoms with Gasteiger partial charge in [0.05, 0.1) is 12.7 Å². The van der Waals surface area contributed by atoms with E-state index in [2.05, 4.69) is 30.3 Å². The quantitative estimate of drug-likeness (QED) is 0.393. The standard InChI is InChI=1S/C26H25NO4/c27-11-4-6-18-5-3-8-20(13-18)23-15-19(14-22-10-12-30-26(22)23)17-31-24-9-2-1-7-21(24)16-25(28)29/h1-3,5,7-10,12-15H,4,6,11,16-17,27H2,(H,28,29). The molecule has 5 nitrogen and oxygen atoms in total. The molecule has 0 bridgehead atoms. The molecule has 4 aromatic rings. The number of nitrogens with two attached hydrogens (primary N) is 1. The summed E-state index contributed by atoms with van der Waals surface area (Å²) < 4.78 is 11.8. The minimum atomic E-state index is -0.882. The van der Waals surface area contributed by atoms with Crippen LogP contribution in [0.3, 0.4) is 0 Å². The Balaban J connectivity index is 1.63. The van der Waals surface area contributed by atoms with E-state index in [9.17, 15) is 4.79 Å². The lowest BCUT2D eigenvalue weighted by Crippen LogP contribution is -2.04. The van der Waals surface area contributed by atoms with E-state index in [-0.39, 0.29) is 6.42 Å². The number of rotatable bonds is 9. The van der Waals surface area contributed by atoms with E-state index in [1.807, 2.05) is 24.3 Å². The van der Waals surface area contributed by atoms with Gasteiger partial charge in [-0.1, -0.05) is 42.5 Å². The summed E-state index contributed by atoms with van der Waals surface area (Å²) in [5.41, 5.74) is 11.5. The molecule has 3 aromatic carbocycles. The van der Waals surface area contributed by atoms with Gasteiger partial charge in [-0.15, -0.1) is 0 Å². The SMILES string of the molecule is NCCCc1cccc(-c2cc(COc3ccccc3CC(=O)O)cc3ccoc23)c1. The molecule has 0 amide bonds. The van der Waals surface area contributed by atoms with Crippen molar-refractivity contribution in [3.63, 3.8) is 0 Å². The van der Waals surface area contributed by atoms with Gasteiger partial charge in [-0.2, -0.15) is 0 Å². The number of ether oxygens (including phenoxy) is 1. The van der Waals surface area contributed by atoms with Crippen molar-refractivity contribution in [3.8, 4) is 16.9 Å². The van der Waals surface area contributed by atoms with Crippen molar-refractivity contribution in [2.45, 2.75) is 25.9 Å². The predicted octanol–water partition coefficient (Wildman–Crippen LogP) is 5.20. The number of hydrogen-bond donors (Lipinski definition) is 2. The van der Waals surface area contributed by atoms with Crippen LogP contribution < -0.4 is 10.5 Å². The molecule has 0 aliphatic heterocycles.